The van der Waals surface area contributed by atoms with Crippen LogP contribution in [0.2, 0.25) is 0 Å². The number of phenolic OH excluding ortho intramolecular Hbond substituents is 1. The van der Waals surface area contributed by atoms with Crippen LogP contribution in [0, 0.1) is 0 Å². The van der Waals surface area contributed by atoms with E-state index in [0.29, 0.717) is 12.1 Å². The number of nitrogens with one attached hydrogen (secondary N) is 2. The van der Waals surface area contributed by atoms with Gasteiger partial charge in [-0.05, 0) is 44.9 Å². The Morgan fingerprint density at radius 3 is 2.37 bits per heavy atom. The van der Waals surface area contributed by atoms with E-state index >= 15 is 0 Å². The summed E-state index contributed by atoms with van der Waals surface area (Å²) in [7, 11) is 0. The molecule has 0 aliphatic rings. The van der Waals surface area contributed by atoms with E-state index in [2.05, 4.69) is 17.2 Å². The molecule has 0 spiro atoms. The molecule has 30 heavy (non-hydrogen) atoms. The fourth-order valence-corrected chi connectivity index (χ4v) is 2.67. The number of ether oxygens (including phenoxy) is 1. The lowest BCUT2D eigenvalue weighted by Crippen LogP contribution is -2.48. The maximum absolute atomic E-state index is 12.9. The average molecular weight is 420 g/mol. The average Bonchev–Trinajstić information content (AvgIpc) is 2.66. The van der Waals surface area contributed by atoms with E-state index in [1.807, 2.05) is 6.92 Å². The molecule has 0 radical (unpaired) electrons. The topological polar surface area (TPSA) is 108 Å². The van der Waals surface area contributed by atoms with Gasteiger partial charge in [-0.1, -0.05) is 31.6 Å². The molecule has 1 rings (SSSR count). The van der Waals surface area contributed by atoms with Crippen LogP contribution in [0.5, 0.6) is 5.75 Å². The highest BCUT2D eigenvalue weighted by Crippen LogP contribution is 2.23. The first kappa shape index (κ1) is 25.0. The van der Waals surface area contributed by atoms with Gasteiger partial charge < -0.3 is 25.4 Å². The van der Waals surface area contributed by atoms with Crippen LogP contribution in [-0.4, -0.2) is 53.1 Å². The Balaban J connectivity index is 3.05. The monoisotopic (exact) mass is 419 g/mol. The predicted octanol–water partition coefficient (Wildman–Crippen LogP) is 2.89. The minimum absolute atomic E-state index is 0.0529. The van der Waals surface area contributed by atoms with Gasteiger partial charge in [0.2, 0.25) is 11.8 Å². The van der Waals surface area contributed by atoms with Crippen LogP contribution in [0.1, 0.15) is 52.1 Å². The summed E-state index contributed by atoms with van der Waals surface area (Å²) in [6.45, 7) is 11.1. The quantitative estimate of drug-likeness (QED) is 0.399. The molecule has 166 valence electrons. The molecule has 3 N–H and O–H groups in total. The molecule has 0 aliphatic carbocycles. The van der Waals surface area contributed by atoms with Crippen LogP contribution < -0.4 is 10.6 Å². The van der Waals surface area contributed by atoms with Gasteiger partial charge in [0.25, 0.3) is 0 Å². The normalized spacial score (nSPS) is 11.9. The highest BCUT2D eigenvalue weighted by atomic mass is 16.6. The van der Waals surface area contributed by atoms with Crippen LogP contribution in [0.25, 0.3) is 0 Å². The number of rotatable bonds is 10. The SMILES string of the molecule is C=CCN(C(=O)CNC(=O)OC(C)(C)C)C(C(=O)NCCCC)c1ccc(O)cc1. The molecule has 0 aromatic heterocycles. The third-order valence-electron chi connectivity index (χ3n) is 4.03. The van der Waals surface area contributed by atoms with Gasteiger partial charge in [0, 0.05) is 13.1 Å². The number of phenols is 1. The van der Waals surface area contributed by atoms with E-state index < -0.39 is 23.6 Å². The van der Waals surface area contributed by atoms with Crippen LogP contribution in [0.4, 0.5) is 4.79 Å². The largest absolute Gasteiger partial charge is 0.508 e. The second kappa shape index (κ2) is 11.8. The van der Waals surface area contributed by atoms with Gasteiger partial charge >= 0.3 is 6.09 Å². The maximum Gasteiger partial charge on any atom is 0.408 e. The number of aromatic hydroxyl groups is 1. The summed E-state index contributed by atoms with van der Waals surface area (Å²) in [6, 6.07) is 5.15. The minimum atomic E-state index is -0.937. The van der Waals surface area contributed by atoms with E-state index in [1.54, 1.807) is 32.9 Å². The van der Waals surface area contributed by atoms with Crippen molar-refractivity contribution >= 4 is 17.9 Å². The van der Waals surface area contributed by atoms with Crippen LogP contribution in [0.3, 0.4) is 0 Å². The van der Waals surface area contributed by atoms with Crippen molar-refractivity contribution in [3.05, 3.63) is 42.5 Å². The minimum Gasteiger partial charge on any atom is -0.508 e. The van der Waals surface area contributed by atoms with Crippen molar-refractivity contribution in [2.75, 3.05) is 19.6 Å². The Kier molecular flexibility index (Phi) is 9.88. The second-order valence-electron chi connectivity index (χ2n) is 7.83. The number of hydrogen-bond donors (Lipinski definition) is 3. The molecular formula is C22H33N3O5. The second-order valence-corrected chi connectivity index (χ2v) is 7.83. The summed E-state index contributed by atoms with van der Waals surface area (Å²) >= 11 is 0. The van der Waals surface area contributed by atoms with Crippen molar-refractivity contribution in [3.8, 4) is 5.75 Å². The Morgan fingerprint density at radius 2 is 1.83 bits per heavy atom. The number of carbonyl (C=O) groups excluding carboxylic acids is 3. The number of alkyl carbamates (subject to hydrolysis) is 1. The maximum atomic E-state index is 12.9. The van der Waals surface area contributed by atoms with E-state index in [9.17, 15) is 19.5 Å². The lowest BCUT2D eigenvalue weighted by atomic mass is 10.0. The summed E-state index contributed by atoms with van der Waals surface area (Å²) in [5, 5.41) is 14.9. The van der Waals surface area contributed by atoms with Gasteiger partial charge in [-0.3, -0.25) is 9.59 Å². The van der Waals surface area contributed by atoms with Crippen LogP contribution in [0.15, 0.2) is 36.9 Å². The number of unbranched alkanes of at least 4 members (excludes halogenated alkanes) is 1. The highest BCUT2D eigenvalue weighted by molar-refractivity contribution is 5.90. The van der Waals surface area contributed by atoms with Crippen molar-refractivity contribution in [2.45, 2.75) is 52.2 Å². The van der Waals surface area contributed by atoms with Crippen molar-refractivity contribution < 1.29 is 24.2 Å². The zero-order valence-corrected chi connectivity index (χ0v) is 18.2. The fraction of sp³-hybridized carbons (Fsp3) is 0.500. The summed E-state index contributed by atoms with van der Waals surface area (Å²) < 4.78 is 5.15. The van der Waals surface area contributed by atoms with Crippen molar-refractivity contribution in [3.63, 3.8) is 0 Å². The summed E-state index contributed by atoms with van der Waals surface area (Å²) in [6.07, 6.45) is 2.52. The molecule has 1 aromatic rings. The zero-order chi connectivity index (χ0) is 22.7. The van der Waals surface area contributed by atoms with E-state index in [1.165, 1.54) is 23.1 Å². The van der Waals surface area contributed by atoms with Gasteiger partial charge in [0.1, 0.15) is 23.9 Å². The molecule has 0 saturated heterocycles. The predicted molar refractivity (Wildman–Crippen MR) is 115 cm³/mol. The van der Waals surface area contributed by atoms with Crippen LogP contribution >= 0.6 is 0 Å². The molecule has 0 fully saturated rings. The first-order chi connectivity index (χ1) is 14.1. The fourth-order valence-electron chi connectivity index (χ4n) is 2.67. The van der Waals surface area contributed by atoms with E-state index in [0.717, 1.165) is 12.8 Å². The van der Waals surface area contributed by atoms with E-state index in [-0.39, 0.29) is 24.7 Å². The molecule has 0 heterocycles. The molecular weight excluding hydrogens is 386 g/mol. The molecule has 0 aliphatic heterocycles. The smallest absolute Gasteiger partial charge is 0.408 e. The van der Waals surface area contributed by atoms with Gasteiger partial charge in [-0.15, -0.1) is 6.58 Å². The zero-order valence-electron chi connectivity index (χ0n) is 18.2. The lowest BCUT2D eigenvalue weighted by Gasteiger charge is -2.31. The molecule has 1 atom stereocenters. The van der Waals surface area contributed by atoms with Crippen molar-refractivity contribution in [1.82, 2.24) is 15.5 Å². The van der Waals surface area contributed by atoms with Crippen LogP contribution in [-0.2, 0) is 14.3 Å². The third kappa shape index (κ3) is 8.55. The first-order valence-corrected chi connectivity index (χ1v) is 10.0. The summed E-state index contributed by atoms with van der Waals surface area (Å²) in [5.41, 5.74) is -0.156. The summed E-state index contributed by atoms with van der Waals surface area (Å²) in [4.78, 5) is 39.1. The van der Waals surface area contributed by atoms with Gasteiger partial charge in [-0.2, -0.15) is 0 Å². The number of amides is 3. The first-order valence-electron chi connectivity index (χ1n) is 10.0. The molecule has 0 bridgehead atoms. The van der Waals surface area contributed by atoms with E-state index in [4.69, 9.17) is 4.74 Å². The molecule has 8 nitrogen and oxygen atoms in total. The lowest BCUT2D eigenvalue weighted by molar-refractivity contribution is -0.139. The molecule has 3 amide bonds. The Morgan fingerprint density at radius 1 is 1.20 bits per heavy atom. The number of benzene rings is 1. The Hall–Kier alpha value is -3.03. The Bertz CT molecular complexity index is 725. The highest BCUT2D eigenvalue weighted by Gasteiger charge is 2.31. The summed E-state index contributed by atoms with van der Waals surface area (Å²) in [5.74, 6) is -0.761. The van der Waals surface area contributed by atoms with Gasteiger partial charge in [0.05, 0.1) is 0 Å². The van der Waals surface area contributed by atoms with Crippen molar-refractivity contribution in [1.29, 1.82) is 0 Å². The molecule has 0 saturated carbocycles. The Labute approximate surface area is 178 Å². The number of carbonyl (C=O) groups is 3. The third-order valence-corrected chi connectivity index (χ3v) is 4.03. The molecule has 1 unspecified atom stereocenters. The number of hydrogen-bond acceptors (Lipinski definition) is 5. The van der Waals surface area contributed by atoms with Crippen molar-refractivity contribution in [2.24, 2.45) is 0 Å². The molecule has 8 heteroatoms. The standard InChI is InChI=1S/C22H33N3O5/c1-6-8-13-23-20(28)19(16-9-11-17(26)12-10-16)25(14-7-2)18(27)15-24-21(29)30-22(3,4)5/h7,9-12,19,26H,2,6,8,13-15H2,1,3-5H3,(H,23,28)(H,24,29). The molecule has 1 aromatic carbocycles. The van der Waals surface area contributed by atoms with Gasteiger partial charge in [-0.25, -0.2) is 4.79 Å². The van der Waals surface area contributed by atoms with Gasteiger partial charge in [0.15, 0.2) is 0 Å². The number of nitrogens with zero attached hydrogens (tertiary/aromatic N) is 1.